The SMILES string of the molecule is CCCCCCCCCC/C=C/C(O)C(CO)NC(=O)CCCCCCCCCCCCCC/C=C\CCCCCCCCCCCCCCOC(=O)CCCCCCCCCCCCCCCCCC. The van der Waals surface area contributed by atoms with Gasteiger partial charge >= 0.3 is 5.97 Å². The van der Waals surface area contributed by atoms with E-state index in [1.54, 1.807) is 6.08 Å². The van der Waals surface area contributed by atoms with Crippen LogP contribution in [0, 0.1) is 0 Å². The molecule has 2 unspecified atom stereocenters. The molecule has 0 saturated heterocycles. The Bertz CT molecular complexity index is 1110. The summed E-state index contributed by atoms with van der Waals surface area (Å²) in [5.74, 6) is -0.0496. The maximum absolute atomic E-state index is 12.4. The Kier molecular flexibility index (Phi) is 59.5. The Morgan fingerprint density at radius 2 is 0.662 bits per heavy atom. The Balaban J connectivity index is 3.35. The Morgan fingerprint density at radius 3 is 1.00 bits per heavy atom. The van der Waals surface area contributed by atoms with E-state index in [2.05, 4.69) is 31.3 Å². The average molecular weight is 1000 g/mol. The Labute approximate surface area is 443 Å². The molecule has 0 aliphatic carbocycles. The first-order chi connectivity index (χ1) is 35.0. The van der Waals surface area contributed by atoms with Gasteiger partial charge in [0.1, 0.15) is 0 Å². The molecule has 0 bridgehead atoms. The number of ether oxygens (including phenoxy) is 1. The van der Waals surface area contributed by atoms with Gasteiger partial charge in [-0.05, 0) is 57.8 Å². The summed E-state index contributed by atoms with van der Waals surface area (Å²) >= 11 is 0. The fourth-order valence-electron chi connectivity index (χ4n) is 10.0. The van der Waals surface area contributed by atoms with Crippen molar-refractivity contribution in [2.45, 2.75) is 366 Å². The van der Waals surface area contributed by atoms with E-state index in [1.165, 1.54) is 289 Å². The van der Waals surface area contributed by atoms with Gasteiger partial charge in [-0.25, -0.2) is 0 Å². The highest BCUT2D eigenvalue weighted by Gasteiger charge is 2.18. The maximum atomic E-state index is 12.4. The smallest absolute Gasteiger partial charge is 0.305 e. The number of esters is 1. The van der Waals surface area contributed by atoms with Crippen LogP contribution in [0.1, 0.15) is 354 Å². The van der Waals surface area contributed by atoms with Crippen molar-refractivity contribution in [1.29, 1.82) is 0 Å². The minimum atomic E-state index is -0.842. The summed E-state index contributed by atoms with van der Waals surface area (Å²) in [6, 6.07) is -0.625. The molecular formula is C65H125NO5. The zero-order valence-corrected chi connectivity index (χ0v) is 48.0. The largest absolute Gasteiger partial charge is 0.466 e. The second kappa shape index (κ2) is 60.9. The molecule has 0 heterocycles. The molecule has 0 aliphatic rings. The number of unbranched alkanes of at least 4 members (excludes halogenated alkanes) is 47. The number of hydrogen-bond donors (Lipinski definition) is 3. The maximum Gasteiger partial charge on any atom is 0.305 e. The number of aliphatic hydroxyl groups excluding tert-OH is 2. The molecule has 0 fully saturated rings. The summed E-state index contributed by atoms with van der Waals surface area (Å²) < 4.78 is 5.50. The van der Waals surface area contributed by atoms with Crippen LogP contribution in [0.2, 0.25) is 0 Å². The lowest BCUT2D eigenvalue weighted by molar-refractivity contribution is -0.143. The van der Waals surface area contributed by atoms with E-state index in [-0.39, 0.29) is 18.5 Å². The fraction of sp³-hybridized carbons (Fsp3) is 0.908. The van der Waals surface area contributed by atoms with E-state index in [4.69, 9.17) is 4.74 Å². The van der Waals surface area contributed by atoms with Crippen molar-refractivity contribution >= 4 is 11.9 Å². The molecule has 6 heteroatoms. The van der Waals surface area contributed by atoms with Gasteiger partial charge in [-0.15, -0.1) is 0 Å². The first-order valence-corrected chi connectivity index (χ1v) is 32.1. The van der Waals surface area contributed by atoms with Crippen molar-refractivity contribution in [2.75, 3.05) is 13.2 Å². The number of allylic oxidation sites excluding steroid dienone is 3. The first kappa shape index (κ1) is 69.3. The van der Waals surface area contributed by atoms with Crippen molar-refractivity contribution in [2.24, 2.45) is 0 Å². The van der Waals surface area contributed by atoms with E-state index < -0.39 is 12.1 Å². The lowest BCUT2D eigenvalue weighted by Gasteiger charge is -2.20. The van der Waals surface area contributed by atoms with Gasteiger partial charge in [0.05, 0.1) is 25.4 Å². The summed E-state index contributed by atoms with van der Waals surface area (Å²) in [4.78, 5) is 24.5. The molecule has 3 N–H and O–H groups in total. The van der Waals surface area contributed by atoms with Gasteiger partial charge in [-0.3, -0.25) is 9.59 Å². The summed E-state index contributed by atoms with van der Waals surface area (Å²) in [6.45, 7) is 4.91. The molecular weight excluding hydrogens is 875 g/mol. The van der Waals surface area contributed by atoms with Crippen molar-refractivity contribution < 1.29 is 24.5 Å². The van der Waals surface area contributed by atoms with Crippen LogP contribution in [0.15, 0.2) is 24.3 Å². The zero-order valence-electron chi connectivity index (χ0n) is 48.0. The summed E-state index contributed by atoms with van der Waals surface area (Å²) in [5, 5.41) is 23.0. The van der Waals surface area contributed by atoms with E-state index in [0.29, 0.717) is 19.4 Å². The molecule has 0 aromatic rings. The number of carbonyl (C=O) groups excluding carboxylic acids is 2. The number of aliphatic hydroxyl groups is 2. The summed E-state index contributed by atoms with van der Waals surface area (Å²) in [6.07, 6.45) is 75.3. The normalized spacial score (nSPS) is 12.7. The number of carbonyl (C=O) groups is 2. The average Bonchev–Trinajstić information content (AvgIpc) is 3.37. The van der Waals surface area contributed by atoms with Gasteiger partial charge < -0.3 is 20.3 Å². The van der Waals surface area contributed by atoms with Crippen LogP contribution in [0.5, 0.6) is 0 Å². The van der Waals surface area contributed by atoms with Gasteiger partial charge in [0.15, 0.2) is 0 Å². The molecule has 0 rings (SSSR count). The van der Waals surface area contributed by atoms with Crippen LogP contribution >= 0.6 is 0 Å². The van der Waals surface area contributed by atoms with Gasteiger partial charge in [0.25, 0.3) is 0 Å². The number of rotatable bonds is 60. The monoisotopic (exact) mass is 1000 g/mol. The highest BCUT2D eigenvalue weighted by Crippen LogP contribution is 2.18. The molecule has 0 spiro atoms. The van der Waals surface area contributed by atoms with E-state index in [9.17, 15) is 19.8 Å². The topological polar surface area (TPSA) is 95.9 Å². The second-order valence-corrected chi connectivity index (χ2v) is 22.1. The van der Waals surface area contributed by atoms with Crippen LogP contribution in [0.3, 0.4) is 0 Å². The molecule has 0 aliphatic heterocycles. The standard InChI is InChI=1S/C65H125NO5/c1-3-5-7-9-11-13-15-16-17-33-36-39-43-47-51-55-59-65(70)71-60-56-52-48-44-40-37-34-31-29-27-25-23-21-19-18-20-22-24-26-28-30-32-35-38-42-46-50-54-58-64(69)66-62(61-67)63(68)57-53-49-45-41-14-12-10-8-6-4-2/h18-19,53,57,62-63,67-68H,3-17,20-52,54-56,58-61H2,1-2H3,(H,66,69)/b19-18-,57-53+. The molecule has 420 valence electrons. The molecule has 1 amide bonds. The number of hydrogen-bond acceptors (Lipinski definition) is 5. The highest BCUT2D eigenvalue weighted by atomic mass is 16.5. The molecule has 2 atom stereocenters. The summed E-state index contributed by atoms with van der Waals surface area (Å²) in [7, 11) is 0. The second-order valence-electron chi connectivity index (χ2n) is 22.1. The lowest BCUT2D eigenvalue weighted by atomic mass is 10.0. The quantitative estimate of drug-likeness (QED) is 0.0320. The van der Waals surface area contributed by atoms with Crippen LogP contribution in [-0.2, 0) is 14.3 Å². The van der Waals surface area contributed by atoms with Crippen molar-refractivity contribution in [3.05, 3.63) is 24.3 Å². The summed E-state index contributed by atoms with van der Waals surface area (Å²) in [5.41, 5.74) is 0. The van der Waals surface area contributed by atoms with Crippen molar-refractivity contribution in [1.82, 2.24) is 5.32 Å². The first-order valence-electron chi connectivity index (χ1n) is 32.1. The Morgan fingerprint density at radius 1 is 0.380 bits per heavy atom. The van der Waals surface area contributed by atoms with Crippen LogP contribution < -0.4 is 5.32 Å². The minimum absolute atomic E-state index is 0.0192. The van der Waals surface area contributed by atoms with Crippen molar-refractivity contribution in [3.8, 4) is 0 Å². The predicted molar refractivity (Wildman–Crippen MR) is 310 cm³/mol. The third-order valence-corrected chi connectivity index (χ3v) is 15.0. The van der Waals surface area contributed by atoms with Crippen molar-refractivity contribution in [3.63, 3.8) is 0 Å². The molecule has 6 nitrogen and oxygen atoms in total. The van der Waals surface area contributed by atoms with Crippen LogP contribution in [-0.4, -0.2) is 47.4 Å². The molecule has 0 saturated carbocycles. The van der Waals surface area contributed by atoms with Gasteiger partial charge in [0.2, 0.25) is 5.91 Å². The van der Waals surface area contributed by atoms with Crippen LogP contribution in [0.4, 0.5) is 0 Å². The van der Waals surface area contributed by atoms with Crippen LogP contribution in [0.25, 0.3) is 0 Å². The van der Waals surface area contributed by atoms with E-state index >= 15 is 0 Å². The highest BCUT2D eigenvalue weighted by molar-refractivity contribution is 5.76. The molecule has 0 radical (unpaired) electrons. The molecule has 71 heavy (non-hydrogen) atoms. The lowest BCUT2D eigenvalue weighted by Crippen LogP contribution is -2.45. The fourth-order valence-corrected chi connectivity index (χ4v) is 10.0. The number of amides is 1. The Hall–Kier alpha value is -1.66. The van der Waals surface area contributed by atoms with Gasteiger partial charge in [0, 0.05) is 12.8 Å². The van der Waals surface area contributed by atoms with E-state index in [1.807, 2.05) is 6.08 Å². The predicted octanol–water partition coefficient (Wildman–Crippen LogP) is 20.2. The minimum Gasteiger partial charge on any atom is -0.466 e. The third-order valence-electron chi connectivity index (χ3n) is 15.0. The molecule has 0 aromatic carbocycles. The zero-order chi connectivity index (χ0) is 51.4. The third kappa shape index (κ3) is 57.5. The van der Waals surface area contributed by atoms with Gasteiger partial charge in [-0.1, -0.05) is 308 Å². The number of nitrogens with one attached hydrogen (secondary N) is 1. The van der Waals surface area contributed by atoms with Gasteiger partial charge in [-0.2, -0.15) is 0 Å². The molecule has 0 aromatic heterocycles. The van der Waals surface area contributed by atoms with E-state index in [0.717, 1.165) is 38.5 Å².